The molecule has 0 aromatic heterocycles. The van der Waals surface area contributed by atoms with E-state index < -0.39 is 0 Å². The van der Waals surface area contributed by atoms with Gasteiger partial charge in [0.2, 0.25) is 11.8 Å². The maximum absolute atomic E-state index is 12.1. The molecule has 0 aromatic rings. The Labute approximate surface area is 115 Å². The molecular formula is C14H25N3O2. The fraction of sp³-hybridized carbons (Fsp3) is 0.857. The average Bonchev–Trinajstić information content (AvgIpc) is 2.92. The van der Waals surface area contributed by atoms with Gasteiger partial charge in [-0.3, -0.25) is 9.59 Å². The Kier molecular flexibility index (Phi) is 5.19. The van der Waals surface area contributed by atoms with E-state index >= 15 is 0 Å². The van der Waals surface area contributed by atoms with Crippen LogP contribution in [0.5, 0.6) is 0 Å². The number of likely N-dealkylation sites (tertiary alicyclic amines) is 1. The van der Waals surface area contributed by atoms with Crippen LogP contribution in [0.25, 0.3) is 0 Å². The van der Waals surface area contributed by atoms with Gasteiger partial charge >= 0.3 is 0 Å². The number of piperidine rings is 1. The average molecular weight is 267 g/mol. The van der Waals surface area contributed by atoms with E-state index in [4.69, 9.17) is 0 Å². The molecule has 2 aliphatic rings. The van der Waals surface area contributed by atoms with Crippen LogP contribution in [0, 0.1) is 5.92 Å². The van der Waals surface area contributed by atoms with E-state index in [9.17, 15) is 9.59 Å². The first kappa shape index (κ1) is 14.3. The number of hydrogen-bond acceptors (Lipinski definition) is 3. The predicted octanol–water partition coefficient (Wildman–Crippen LogP) is 0.503. The maximum atomic E-state index is 12.1. The number of nitrogens with zero attached hydrogens (tertiary/aromatic N) is 1. The lowest BCUT2D eigenvalue weighted by atomic mass is 10.0. The van der Waals surface area contributed by atoms with E-state index in [1.807, 2.05) is 11.8 Å². The molecule has 5 heteroatoms. The summed E-state index contributed by atoms with van der Waals surface area (Å²) in [5.74, 6) is 0.917. The predicted molar refractivity (Wildman–Crippen MR) is 73.6 cm³/mol. The zero-order valence-corrected chi connectivity index (χ0v) is 11.8. The summed E-state index contributed by atoms with van der Waals surface area (Å²) in [5.41, 5.74) is 0. The van der Waals surface area contributed by atoms with Gasteiger partial charge in [-0.15, -0.1) is 0 Å². The molecule has 2 rings (SSSR count). The van der Waals surface area contributed by atoms with Crippen molar-refractivity contribution in [2.75, 3.05) is 26.2 Å². The molecule has 0 bridgehead atoms. The molecule has 0 saturated carbocycles. The minimum atomic E-state index is 0.113. The zero-order chi connectivity index (χ0) is 13.7. The highest BCUT2D eigenvalue weighted by Crippen LogP contribution is 2.17. The van der Waals surface area contributed by atoms with Crippen LogP contribution in [0.1, 0.15) is 39.0 Å². The molecule has 108 valence electrons. The van der Waals surface area contributed by atoms with Gasteiger partial charge in [0, 0.05) is 32.0 Å². The number of carbonyl (C=O) groups excluding carboxylic acids is 2. The summed E-state index contributed by atoms with van der Waals surface area (Å²) >= 11 is 0. The Balaban J connectivity index is 1.70. The molecule has 2 N–H and O–H groups in total. The number of nitrogens with one attached hydrogen (secondary N) is 2. The summed E-state index contributed by atoms with van der Waals surface area (Å²) in [6, 6.07) is 0.254. The number of carbonyl (C=O) groups is 2. The molecule has 2 aliphatic heterocycles. The standard InChI is InChI=1S/C14H25N3O2/c1-2-13(18)16-12-4-7-17(8-5-12)14(19)9-11-3-6-15-10-11/h11-12,15H,2-10H2,1H3,(H,16,18). The lowest BCUT2D eigenvalue weighted by Crippen LogP contribution is -2.46. The minimum absolute atomic E-state index is 0.113. The number of amides is 2. The van der Waals surface area contributed by atoms with Gasteiger partial charge in [-0.05, 0) is 38.3 Å². The van der Waals surface area contributed by atoms with Gasteiger partial charge in [0.15, 0.2) is 0 Å². The van der Waals surface area contributed by atoms with Gasteiger partial charge < -0.3 is 15.5 Å². The summed E-state index contributed by atoms with van der Waals surface area (Å²) in [6.45, 7) is 5.46. The molecule has 1 atom stereocenters. The normalized spacial score (nSPS) is 24.5. The molecule has 2 fully saturated rings. The fourth-order valence-corrected chi connectivity index (χ4v) is 2.87. The molecule has 0 aromatic carbocycles. The van der Waals surface area contributed by atoms with Crippen LogP contribution >= 0.6 is 0 Å². The van der Waals surface area contributed by atoms with Crippen molar-refractivity contribution in [1.82, 2.24) is 15.5 Å². The lowest BCUT2D eigenvalue weighted by Gasteiger charge is -2.33. The van der Waals surface area contributed by atoms with Crippen molar-refractivity contribution in [2.45, 2.75) is 45.1 Å². The van der Waals surface area contributed by atoms with E-state index in [2.05, 4.69) is 10.6 Å². The van der Waals surface area contributed by atoms with Crippen molar-refractivity contribution < 1.29 is 9.59 Å². The summed E-state index contributed by atoms with van der Waals surface area (Å²) < 4.78 is 0. The third-order valence-electron chi connectivity index (χ3n) is 4.16. The molecule has 0 spiro atoms. The third kappa shape index (κ3) is 4.20. The third-order valence-corrected chi connectivity index (χ3v) is 4.16. The Bertz CT molecular complexity index is 319. The van der Waals surface area contributed by atoms with E-state index in [0.717, 1.165) is 45.4 Å². The topological polar surface area (TPSA) is 61.4 Å². The van der Waals surface area contributed by atoms with Crippen LogP contribution < -0.4 is 10.6 Å². The van der Waals surface area contributed by atoms with Gasteiger partial charge in [0.25, 0.3) is 0 Å². The first-order valence-electron chi connectivity index (χ1n) is 7.47. The molecule has 19 heavy (non-hydrogen) atoms. The monoisotopic (exact) mass is 267 g/mol. The fourth-order valence-electron chi connectivity index (χ4n) is 2.87. The largest absolute Gasteiger partial charge is 0.353 e. The maximum Gasteiger partial charge on any atom is 0.222 e. The number of rotatable bonds is 4. The first-order valence-corrected chi connectivity index (χ1v) is 7.47. The van der Waals surface area contributed by atoms with Crippen LogP contribution in [0.15, 0.2) is 0 Å². The second-order valence-electron chi connectivity index (χ2n) is 5.64. The molecule has 1 unspecified atom stereocenters. The number of hydrogen-bond donors (Lipinski definition) is 2. The van der Waals surface area contributed by atoms with Gasteiger partial charge in [-0.25, -0.2) is 0 Å². The smallest absolute Gasteiger partial charge is 0.222 e. The van der Waals surface area contributed by atoms with Crippen molar-refractivity contribution in [3.05, 3.63) is 0 Å². The summed E-state index contributed by atoms with van der Waals surface area (Å²) in [7, 11) is 0. The first-order chi connectivity index (χ1) is 9.19. The SMILES string of the molecule is CCC(=O)NC1CCN(C(=O)CC2CCNC2)CC1. The summed E-state index contributed by atoms with van der Waals surface area (Å²) in [4.78, 5) is 25.4. The summed E-state index contributed by atoms with van der Waals surface area (Å²) in [6.07, 6.45) is 4.11. The second kappa shape index (κ2) is 6.89. The van der Waals surface area contributed by atoms with Crippen LogP contribution in [-0.2, 0) is 9.59 Å². The lowest BCUT2D eigenvalue weighted by molar-refractivity contribution is -0.133. The zero-order valence-electron chi connectivity index (χ0n) is 11.8. The van der Waals surface area contributed by atoms with Gasteiger partial charge in [-0.2, -0.15) is 0 Å². The quantitative estimate of drug-likeness (QED) is 0.780. The van der Waals surface area contributed by atoms with Crippen molar-refractivity contribution in [1.29, 1.82) is 0 Å². The van der Waals surface area contributed by atoms with Crippen molar-refractivity contribution >= 4 is 11.8 Å². The molecular weight excluding hydrogens is 242 g/mol. The minimum Gasteiger partial charge on any atom is -0.353 e. The van der Waals surface area contributed by atoms with Crippen LogP contribution in [0.4, 0.5) is 0 Å². The highest BCUT2D eigenvalue weighted by atomic mass is 16.2. The molecule has 5 nitrogen and oxygen atoms in total. The van der Waals surface area contributed by atoms with E-state index in [0.29, 0.717) is 18.8 Å². The molecule has 2 heterocycles. The van der Waals surface area contributed by atoms with E-state index in [-0.39, 0.29) is 17.9 Å². The van der Waals surface area contributed by atoms with E-state index in [1.165, 1.54) is 0 Å². The Morgan fingerprint density at radius 2 is 2.00 bits per heavy atom. The van der Waals surface area contributed by atoms with Crippen molar-refractivity contribution in [2.24, 2.45) is 5.92 Å². The van der Waals surface area contributed by atoms with Crippen LogP contribution in [0.2, 0.25) is 0 Å². The Morgan fingerprint density at radius 1 is 1.26 bits per heavy atom. The van der Waals surface area contributed by atoms with E-state index in [1.54, 1.807) is 0 Å². The van der Waals surface area contributed by atoms with Crippen molar-refractivity contribution in [3.63, 3.8) is 0 Å². The Morgan fingerprint density at radius 3 is 2.58 bits per heavy atom. The second-order valence-corrected chi connectivity index (χ2v) is 5.64. The van der Waals surface area contributed by atoms with Gasteiger partial charge in [0.05, 0.1) is 0 Å². The van der Waals surface area contributed by atoms with Gasteiger partial charge in [-0.1, -0.05) is 6.92 Å². The highest BCUT2D eigenvalue weighted by Gasteiger charge is 2.26. The molecule has 2 amide bonds. The van der Waals surface area contributed by atoms with Crippen LogP contribution in [-0.4, -0.2) is 48.9 Å². The summed E-state index contributed by atoms with van der Waals surface area (Å²) in [5, 5.41) is 6.31. The molecule has 2 saturated heterocycles. The Hall–Kier alpha value is -1.10. The van der Waals surface area contributed by atoms with Crippen LogP contribution in [0.3, 0.4) is 0 Å². The highest BCUT2D eigenvalue weighted by molar-refractivity contribution is 5.77. The van der Waals surface area contributed by atoms with Crippen molar-refractivity contribution in [3.8, 4) is 0 Å². The van der Waals surface area contributed by atoms with Gasteiger partial charge in [0.1, 0.15) is 0 Å². The molecule has 0 radical (unpaired) electrons. The molecule has 0 aliphatic carbocycles.